The lowest BCUT2D eigenvalue weighted by Crippen LogP contribution is -2.56. The van der Waals surface area contributed by atoms with E-state index in [4.69, 9.17) is 0 Å². The van der Waals surface area contributed by atoms with Gasteiger partial charge in [0.2, 0.25) is 0 Å². The van der Waals surface area contributed by atoms with Gasteiger partial charge in [-0.2, -0.15) is 0 Å². The fourth-order valence-electron chi connectivity index (χ4n) is 7.24. The molecule has 198 valence electrons. The zero-order valence-corrected chi connectivity index (χ0v) is 22.3. The average molecular weight is 513 g/mol. The van der Waals surface area contributed by atoms with Crippen molar-refractivity contribution in [2.45, 2.75) is 83.7 Å². The van der Waals surface area contributed by atoms with Gasteiger partial charge in [0.05, 0.1) is 23.6 Å². The molecule has 38 heavy (non-hydrogen) atoms. The molecule has 0 N–H and O–H groups in total. The van der Waals surface area contributed by atoms with Crippen LogP contribution in [0.5, 0.6) is 0 Å². The van der Waals surface area contributed by atoms with E-state index in [1.165, 1.54) is 61.9 Å². The summed E-state index contributed by atoms with van der Waals surface area (Å²) in [6, 6.07) is 11.3. The van der Waals surface area contributed by atoms with E-state index in [-0.39, 0.29) is 30.8 Å². The van der Waals surface area contributed by atoms with Crippen LogP contribution in [0, 0.1) is 12.3 Å². The molecule has 2 amide bonds. The molecular formula is C32H36N2O4. The van der Waals surface area contributed by atoms with Crippen molar-refractivity contribution in [2.24, 2.45) is 5.41 Å². The van der Waals surface area contributed by atoms with E-state index >= 15 is 0 Å². The first-order chi connectivity index (χ1) is 18.3. The molecular weight excluding hydrogens is 476 g/mol. The summed E-state index contributed by atoms with van der Waals surface area (Å²) in [5, 5.41) is 0. The molecule has 6 nitrogen and oxygen atoms in total. The van der Waals surface area contributed by atoms with Crippen LogP contribution in [0.2, 0.25) is 0 Å². The maximum absolute atomic E-state index is 13.4. The molecule has 4 aliphatic rings. The summed E-state index contributed by atoms with van der Waals surface area (Å²) in [6.45, 7) is 5.67. The summed E-state index contributed by atoms with van der Waals surface area (Å²) < 4.78 is 0. The van der Waals surface area contributed by atoms with Gasteiger partial charge >= 0.3 is 0 Å². The van der Waals surface area contributed by atoms with E-state index in [1.807, 2.05) is 12.1 Å². The number of hydrogen-bond donors (Lipinski definition) is 0. The lowest BCUT2D eigenvalue weighted by Gasteiger charge is -2.52. The van der Waals surface area contributed by atoms with Crippen LogP contribution in [0.15, 0.2) is 36.4 Å². The monoisotopic (exact) mass is 512 g/mol. The maximum Gasteiger partial charge on any atom is 0.262 e. The number of hydrogen-bond acceptors (Lipinski definition) is 5. The molecule has 0 bridgehead atoms. The van der Waals surface area contributed by atoms with Crippen LogP contribution in [0.4, 0.5) is 0 Å². The van der Waals surface area contributed by atoms with Crippen LogP contribution in [0.1, 0.15) is 94.3 Å². The van der Waals surface area contributed by atoms with Gasteiger partial charge in [-0.3, -0.25) is 29.0 Å². The number of imide groups is 1. The quantitative estimate of drug-likeness (QED) is 0.409. The Labute approximate surface area is 224 Å². The van der Waals surface area contributed by atoms with Crippen LogP contribution in [-0.2, 0) is 29.0 Å². The molecule has 2 saturated carbocycles. The zero-order valence-electron chi connectivity index (χ0n) is 22.3. The SMILES string of the molecule is Cc1cc(CCc2cccc3c2C(=O)N(C2CCC(=O)CC2=O)C3=O)ccc1CN1CC2(CCCCC2)C1. The van der Waals surface area contributed by atoms with E-state index in [1.54, 1.807) is 6.07 Å². The summed E-state index contributed by atoms with van der Waals surface area (Å²) >= 11 is 0. The average Bonchev–Trinajstić information content (AvgIpc) is 3.14. The number of Topliss-reactive ketones (excluding diaryl/α,β-unsaturated/α-hetero) is 2. The van der Waals surface area contributed by atoms with E-state index in [0.717, 1.165) is 23.4 Å². The summed E-state index contributed by atoms with van der Waals surface area (Å²) in [5.41, 5.74) is 6.12. The highest BCUT2D eigenvalue weighted by atomic mass is 16.2. The second-order valence-electron chi connectivity index (χ2n) is 12.0. The van der Waals surface area contributed by atoms with Gasteiger partial charge < -0.3 is 0 Å². The molecule has 1 saturated heterocycles. The van der Waals surface area contributed by atoms with E-state index in [2.05, 4.69) is 30.0 Å². The lowest BCUT2D eigenvalue weighted by molar-refractivity contribution is -0.132. The van der Waals surface area contributed by atoms with Gasteiger partial charge in [-0.05, 0) is 72.8 Å². The number of rotatable bonds is 6. The van der Waals surface area contributed by atoms with Crippen molar-refractivity contribution in [1.82, 2.24) is 9.80 Å². The zero-order chi connectivity index (χ0) is 26.4. The summed E-state index contributed by atoms with van der Waals surface area (Å²) in [5.74, 6) is -1.27. The van der Waals surface area contributed by atoms with Crippen LogP contribution in [0.25, 0.3) is 0 Å². The third kappa shape index (κ3) is 4.53. The van der Waals surface area contributed by atoms with E-state index in [9.17, 15) is 19.2 Å². The Hall–Kier alpha value is -3.12. The highest BCUT2D eigenvalue weighted by Crippen LogP contribution is 2.44. The number of carbonyl (C=O) groups is 4. The highest BCUT2D eigenvalue weighted by Gasteiger charge is 2.45. The Kier molecular flexibility index (Phi) is 6.55. The fourth-order valence-corrected chi connectivity index (χ4v) is 7.24. The number of benzene rings is 2. The van der Waals surface area contributed by atoms with Gasteiger partial charge in [-0.25, -0.2) is 0 Å². The number of carbonyl (C=O) groups excluding carboxylic acids is 4. The molecule has 2 aliphatic carbocycles. The third-order valence-electron chi connectivity index (χ3n) is 9.30. The van der Waals surface area contributed by atoms with Crippen LogP contribution >= 0.6 is 0 Å². The normalized spacial score (nSPS) is 23.2. The molecule has 1 atom stereocenters. The van der Waals surface area contributed by atoms with Gasteiger partial charge in [0.15, 0.2) is 5.78 Å². The molecule has 6 heteroatoms. The van der Waals surface area contributed by atoms with Crippen LogP contribution < -0.4 is 0 Å². The number of aryl methyl sites for hydroxylation is 3. The van der Waals surface area contributed by atoms with Crippen molar-refractivity contribution in [3.05, 3.63) is 69.8 Å². The van der Waals surface area contributed by atoms with Crippen molar-refractivity contribution in [3.8, 4) is 0 Å². The minimum Gasteiger partial charge on any atom is -0.299 e. The number of ketones is 2. The van der Waals surface area contributed by atoms with Crippen molar-refractivity contribution < 1.29 is 19.2 Å². The van der Waals surface area contributed by atoms with Gasteiger partial charge in [0.1, 0.15) is 5.78 Å². The first-order valence-electron chi connectivity index (χ1n) is 14.2. The Bertz CT molecular complexity index is 1310. The minimum absolute atomic E-state index is 0.122. The van der Waals surface area contributed by atoms with Gasteiger partial charge in [0, 0.05) is 26.1 Å². The predicted octanol–water partition coefficient (Wildman–Crippen LogP) is 4.83. The molecule has 0 radical (unpaired) electrons. The van der Waals surface area contributed by atoms with Gasteiger partial charge in [-0.1, -0.05) is 49.6 Å². The van der Waals surface area contributed by atoms with Crippen molar-refractivity contribution in [2.75, 3.05) is 13.1 Å². The fraction of sp³-hybridized carbons (Fsp3) is 0.500. The largest absolute Gasteiger partial charge is 0.299 e. The first-order valence-corrected chi connectivity index (χ1v) is 14.2. The third-order valence-corrected chi connectivity index (χ3v) is 9.30. The Morgan fingerprint density at radius 3 is 2.42 bits per heavy atom. The summed E-state index contributed by atoms with van der Waals surface area (Å²) in [7, 11) is 0. The Balaban J connectivity index is 1.11. The molecule has 1 spiro atoms. The number of amides is 2. The molecule has 2 aromatic rings. The summed E-state index contributed by atoms with van der Waals surface area (Å²) in [4.78, 5) is 54.3. The lowest BCUT2D eigenvalue weighted by atomic mass is 9.68. The van der Waals surface area contributed by atoms with Crippen molar-refractivity contribution in [1.29, 1.82) is 0 Å². The summed E-state index contributed by atoms with van der Waals surface area (Å²) in [6.07, 6.45) is 8.64. The Morgan fingerprint density at radius 2 is 1.68 bits per heavy atom. The van der Waals surface area contributed by atoms with Gasteiger partial charge in [-0.15, -0.1) is 0 Å². The molecule has 3 fully saturated rings. The Morgan fingerprint density at radius 1 is 0.895 bits per heavy atom. The molecule has 0 aromatic heterocycles. The van der Waals surface area contributed by atoms with E-state index in [0.29, 0.717) is 23.0 Å². The second-order valence-corrected chi connectivity index (χ2v) is 12.0. The van der Waals surface area contributed by atoms with E-state index < -0.39 is 17.9 Å². The topological polar surface area (TPSA) is 74.8 Å². The number of likely N-dealkylation sites (tertiary alicyclic amines) is 1. The first kappa shape index (κ1) is 25.2. The highest BCUT2D eigenvalue weighted by molar-refractivity contribution is 6.24. The molecule has 2 aromatic carbocycles. The molecule has 1 unspecified atom stereocenters. The molecule has 2 heterocycles. The molecule has 6 rings (SSSR count). The molecule has 2 aliphatic heterocycles. The predicted molar refractivity (Wildman–Crippen MR) is 144 cm³/mol. The van der Waals surface area contributed by atoms with Gasteiger partial charge in [0.25, 0.3) is 11.8 Å². The minimum atomic E-state index is -0.831. The maximum atomic E-state index is 13.4. The number of fused-ring (bicyclic) bond motifs is 1. The standard InChI is InChI=1S/C32H36N2O4/c1-21-16-22(9-11-24(21)18-33-19-32(20-33)14-3-2-4-15-32)8-10-23-6-5-7-26-29(23)31(38)34(30(26)37)27-13-12-25(35)17-28(27)36/h5-7,9,11,16,27H,2-4,8,10,12-15,17-20H2,1H3. The van der Waals surface area contributed by atoms with Crippen molar-refractivity contribution in [3.63, 3.8) is 0 Å². The van der Waals surface area contributed by atoms with Crippen LogP contribution in [-0.4, -0.2) is 52.3 Å². The smallest absolute Gasteiger partial charge is 0.262 e. The van der Waals surface area contributed by atoms with Crippen molar-refractivity contribution >= 4 is 23.4 Å². The van der Waals surface area contributed by atoms with Crippen LogP contribution in [0.3, 0.4) is 0 Å². The second kappa shape index (κ2) is 9.88. The number of nitrogens with zero attached hydrogens (tertiary/aromatic N) is 2.